The van der Waals surface area contributed by atoms with E-state index >= 15 is 0 Å². The van der Waals surface area contributed by atoms with E-state index in [2.05, 4.69) is 6.58 Å². The molecule has 1 atom stereocenters. The fourth-order valence-corrected chi connectivity index (χ4v) is 4.01. The third-order valence-corrected chi connectivity index (χ3v) is 5.72. The van der Waals surface area contributed by atoms with Gasteiger partial charge in [0.15, 0.2) is 0 Å². The molecule has 5 nitrogen and oxygen atoms in total. The molecule has 1 unspecified atom stereocenters. The predicted octanol–water partition coefficient (Wildman–Crippen LogP) is 3.76. The topological polar surface area (TPSA) is 63.7 Å². The molecule has 0 aliphatic carbocycles. The van der Waals surface area contributed by atoms with Gasteiger partial charge in [0.25, 0.3) is 0 Å². The van der Waals surface area contributed by atoms with E-state index in [1.54, 1.807) is 35.2 Å². The van der Waals surface area contributed by atoms with E-state index in [9.17, 15) is 13.2 Å². The van der Waals surface area contributed by atoms with Crippen LogP contribution in [0.25, 0.3) is 0 Å². The Morgan fingerprint density at radius 3 is 2.50 bits per heavy atom. The number of benzene rings is 1. The molecule has 0 N–H and O–H groups in total. The van der Waals surface area contributed by atoms with E-state index in [-0.39, 0.29) is 22.3 Å². The number of rotatable bonds is 4. The minimum absolute atomic E-state index is 0.133. The Bertz CT molecular complexity index is 704. The van der Waals surface area contributed by atoms with Crippen LogP contribution in [0.15, 0.2) is 46.7 Å². The van der Waals surface area contributed by atoms with Gasteiger partial charge < -0.3 is 9.64 Å². The second-order valence-corrected chi connectivity index (χ2v) is 9.08. The van der Waals surface area contributed by atoms with Gasteiger partial charge in [0.1, 0.15) is 5.60 Å². The quantitative estimate of drug-likeness (QED) is 0.828. The van der Waals surface area contributed by atoms with Crippen molar-refractivity contribution in [1.82, 2.24) is 4.90 Å². The summed E-state index contributed by atoms with van der Waals surface area (Å²) in [7, 11) is -3.58. The van der Waals surface area contributed by atoms with Gasteiger partial charge in [0.2, 0.25) is 9.84 Å². The van der Waals surface area contributed by atoms with E-state index in [0.717, 1.165) is 12.8 Å². The van der Waals surface area contributed by atoms with E-state index in [1.165, 1.54) is 0 Å². The Hall–Kier alpha value is -1.82. The van der Waals surface area contributed by atoms with Gasteiger partial charge in [0, 0.05) is 23.9 Å². The molecule has 1 aliphatic rings. The van der Waals surface area contributed by atoms with Gasteiger partial charge in [-0.3, -0.25) is 0 Å². The first-order chi connectivity index (χ1) is 11.1. The van der Waals surface area contributed by atoms with Crippen LogP contribution >= 0.6 is 0 Å². The maximum absolute atomic E-state index is 12.6. The average Bonchev–Trinajstić information content (AvgIpc) is 2.94. The van der Waals surface area contributed by atoms with Crippen LogP contribution in [0.1, 0.15) is 40.0 Å². The van der Waals surface area contributed by atoms with Crippen LogP contribution in [0.5, 0.6) is 0 Å². The molecule has 1 heterocycles. The number of likely N-dealkylation sites (tertiary alicyclic amines) is 1. The van der Waals surface area contributed by atoms with Crippen LogP contribution in [-0.2, 0) is 14.6 Å². The van der Waals surface area contributed by atoms with Crippen molar-refractivity contribution in [3.05, 3.63) is 41.8 Å². The largest absolute Gasteiger partial charge is 0.444 e. The molecule has 132 valence electrons. The van der Waals surface area contributed by atoms with Crippen molar-refractivity contribution < 1.29 is 17.9 Å². The number of hydrogen-bond acceptors (Lipinski definition) is 4. The fourth-order valence-electron chi connectivity index (χ4n) is 2.75. The lowest BCUT2D eigenvalue weighted by Crippen LogP contribution is -2.40. The van der Waals surface area contributed by atoms with Crippen molar-refractivity contribution in [2.45, 2.75) is 56.6 Å². The first-order valence-corrected chi connectivity index (χ1v) is 9.57. The zero-order valence-electron chi connectivity index (χ0n) is 14.5. The Morgan fingerprint density at radius 1 is 1.29 bits per heavy atom. The van der Waals surface area contributed by atoms with Crippen molar-refractivity contribution in [2.24, 2.45) is 0 Å². The maximum atomic E-state index is 12.6. The SMILES string of the molecule is C=C(CC1CCCN1C(=O)OC(C)(C)C)S(=O)(=O)c1ccccc1. The number of hydrogen-bond donors (Lipinski definition) is 0. The second kappa shape index (κ2) is 6.97. The number of carbonyl (C=O) groups is 1. The lowest BCUT2D eigenvalue weighted by molar-refractivity contribution is 0.0227. The Balaban J connectivity index is 2.09. The summed E-state index contributed by atoms with van der Waals surface area (Å²) < 4.78 is 30.6. The predicted molar refractivity (Wildman–Crippen MR) is 93.3 cm³/mol. The van der Waals surface area contributed by atoms with Crippen molar-refractivity contribution in [3.63, 3.8) is 0 Å². The highest BCUT2D eigenvalue weighted by Gasteiger charge is 2.34. The first-order valence-electron chi connectivity index (χ1n) is 8.09. The summed E-state index contributed by atoms with van der Waals surface area (Å²) in [5.74, 6) is 0. The van der Waals surface area contributed by atoms with Gasteiger partial charge in [-0.1, -0.05) is 24.8 Å². The summed E-state index contributed by atoms with van der Waals surface area (Å²) in [6.07, 6.45) is 1.43. The zero-order valence-corrected chi connectivity index (χ0v) is 15.3. The van der Waals surface area contributed by atoms with Crippen molar-refractivity contribution in [2.75, 3.05) is 6.54 Å². The summed E-state index contributed by atoms with van der Waals surface area (Å²) in [4.78, 5) is 14.3. The Morgan fingerprint density at radius 2 is 1.92 bits per heavy atom. The smallest absolute Gasteiger partial charge is 0.410 e. The summed E-state index contributed by atoms with van der Waals surface area (Å²) in [6.45, 7) is 9.79. The molecule has 0 aromatic heterocycles. The molecule has 0 spiro atoms. The summed E-state index contributed by atoms with van der Waals surface area (Å²) >= 11 is 0. The van der Waals surface area contributed by atoms with Gasteiger partial charge in [-0.15, -0.1) is 0 Å². The molecule has 1 amide bonds. The molecular weight excluding hydrogens is 326 g/mol. The van der Waals surface area contributed by atoms with Crippen molar-refractivity contribution in [3.8, 4) is 0 Å². The van der Waals surface area contributed by atoms with Crippen LogP contribution < -0.4 is 0 Å². The highest BCUT2D eigenvalue weighted by Crippen LogP contribution is 2.29. The minimum atomic E-state index is -3.58. The van der Waals surface area contributed by atoms with Gasteiger partial charge in [-0.2, -0.15) is 0 Å². The molecule has 1 aliphatic heterocycles. The normalized spacial score (nSPS) is 18.5. The third-order valence-electron chi connectivity index (χ3n) is 3.90. The number of amides is 1. The highest BCUT2D eigenvalue weighted by molar-refractivity contribution is 7.95. The second-order valence-electron chi connectivity index (χ2n) is 7.03. The number of nitrogens with zero attached hydrogens (tertiary/aromatic N) is 1. The molecule has 6 heteroatoms. The minimum Gasteiger partial charge on any atom is -0.444 e. The summed E-state index contributed by atoms with van der Waals surface area (Å²) in [5.41, 5.74) is -0.572. The van der Waals surface area contributed by atoms with Crippen LogP contribution in [-0.4, -0.2) is 37.6 Å². The van der Waals surface area contributed by atoms with E-state index in [1.807, 2.05) is 20.8 Å². The molecular formula is C18H25NO4S. The van der Waals surface area contributed by atoms with Gasteiger partial charge in [0.05, 0.1) is 4.90 Å². The number of ether oxygens (including phenoxy) is 1. The average molecular weight is 351 g/mol. The van der Waals surface area contributed by atoms with Crippen LogP contribution in [0.2, 0.25) is 0 Å². The Labute approximate surface area is 144 Å². The molecule has 1 aromatic carbocycles. The molecule has 1 fully saturated rings. The lowest BCUT2D eigenvalue weighted by atomic mass is 10.1. The van der Waals surface area contributed by atoms with Crippen LogP contribution in [0.3, 0.4) is 0 Å². The van der Waals surface area contributed by atoms with Gasteiger partial charge >= 0.3 is 6.09 Å². The molecule has 2 rings (SSSR count). The molecule has 0 radical (unpaired) electrons. The molecule has 24 heavy (non-hydrogen) atoms. The van der Waals surface area contributed by atoms with Gasteiger partial charge in [-0.05, 0) is 45.7 Å². The third kappa shape index (κ3) is 4.38. The van der Waals surface area contributed by atoms with E-state index in [4.69, 9.17) is 4.74 Å². The molecule has 0 bridgehead atoms. The Kier molecular flexibility index (Phi) is 5.38. The lowest BCUT2D eigenvalue weighted by Gasteiger charge is -2.29. The van der Waals surface area contributed by atoms with Gasteiger partial charge in [-0.25, -0.2) is 13.2 Å². The fraction of sp³-hybridized carbons (Fsp3) is 0.500. The highest BCUT2D eigenvalue weighted by atomic mass is 32.2. The van der Waals surface area contributed by atoms with E-state index in [0.29, 0.717) is 6.54 Å². The molecule has 1 aromatic rings. The molecule has 1 saturated heterocycles. The number of carbonyl (C=O) groups excluding carboxylic acids is 1. The molecule has 0 saturated carbocycles. The zero-order chi connectivity index (χ0) is 18.0. The van der Waals surface area contributed by atoms with Crippen LogP contribution in [0, 0.1) is 0 Å². The maximum Gasteiger partial charge on any atom is 0.410 e. The van der Waals surface area contributed by atoms with Crippen molar-refractivity contribution in [1.29, 1.82) is 0 Å². The number of sulfone groups is 1. The summed E-state index contributed by atoms with van der Waals surface area (Å²) in [5, 5.41) is 0. The van der Waals surface area contributed by atoms with Crippen molar-refractivity contribution >= 4 is 15.9 Å². The monoisotopic (exact) mass is 351 g/mol. The van der Waals surface area contributed by atoms with Crippen LogP contribution in [0.4, 0.5) is 4.79 Å². The first kappa shape index (κ1) is 18.5. The van der Waals surface area contributed by atoms with E-state index < -0.39 is 21.5 Å². The summed E-state index contributed by atoms with van der Waals surface area (Å²) in [6, 6.07) is 8.06. The standard InChI is InChI=1S/C18H25NO4S/c1-14(24(21,22)16-10-6-5-7-11-16)13-15-9-8-12-19(15)17(20)23-18(2,3)4/h5-7,10-11,15H,1,8-9,12-13H2,2-4H3.